The highest BCUT2D eigenvalue weighted by molar-refractivity contribution is 6.33. The molecule has 0 amide bonds. The number of hydrogen-bond acceptors (Lipinski definition) is 2. The summed E-state index contributed by atoms with van der Waals surface area (Å²) < 4.78 is 0. The van der Waals surface area contributed by atoms with Gasteiger partial charge in [0.05, 0.1) is 22.3 Å². The van der Waals surface area contributed by atoms with E-state index < -0.39 is 0 Å². The van der Waals surface area contributed by atoms with E-state index in [1.165, 1.54) is 0 Å². The van der Waals surface area contributed by atoms with E-state index in [2.05, 4.69) is 24.9 Å². The zero-order valence-corrected chi connectivity index (χ0v) is 10.1. The Morgan fingerprint density at radius 2 is 2.38 bits per heavy atom. The minimum absolute atomic E-state index is 0.337. The standard InChI is InChI=1S/C13H15ClN2/c1-3-4-5-10(2)16-13-7-6-11(9-15)8-12(13)14/h3,6-8,10,16H,1,4-5H2,2H3. The van der Waals surface area contributed by atoms with Crippen molar-refractivity contribution in [2.75, 3.05) is 5.32 Å². The second kappa shape index (κ2) is 6.19. The predicted molar refractivity (Wildman–Crippen MR) is 68.7 cm³/mol. The molecule has 1 atom stereocenters. The van der Waals surface area contributed by atoms with E-state index in [9.17, 15) is 0 Å². The molecule has 0 aliphatic carbocycles. The topological polar surface area (TPSA) is 35.8 Å². The number of nitrogens with one attached hydrogen (secondary N) is 1. The third kappa shape index (κ3) is 3.60. The Labute approximate surface area is 102 Å². The number of halogens is 1. The summed E-state index contributed by atoms with van der Waals surface area (Å²) in [6, 6.07) is 7.66. The molecule has 16 heavy (non-hydrogen) atoms. The fourth-order valence-electron chi connectivity index (χ4n) is 1.41. The summed E-state index contributed by atoms with van der Waals surface area (Å²) in [5.74, 6) is 0. The lowest BCUT2D eigenvalue weighted by atomic mass is 10.1. The number of rotatable bonds is 5. The summed E-state index contributed by atoms with van der Waals surface area (Å²) in [4.78, 5) is 0. The first-order valence-electron chi connectivity index (χ1n) is 5.24. The van der Waals surface area contributed by atoms with Crippen LogP contribution < -0.4 is 5.32 Å². The molecule has 3 heteroatoms. The molecular weight excluding hydrogens is 220 g/mol. The van der Waals surface area contributed by atoms with Gasteiger partial charge in [-0.2, -0.15) is 5.26 Å². The molecule has 0 aromatic heterocycles. The Kier molecular flexibility index (Phi) is 4.88. The first kappa shape index (κ1) is 12.6. The van der Waals surface area contributed by atoms with Crippen molar-refractivity contribution in [3.63, 3.8) is 0 Å². The second-order valence-corrected chi connectivity index (χ2v) is 4.13. The van der Waals surface area contributed by atoms with Crippen LogP contribution in [0.25, 0.3) is 0 Å². The van der Waals surface area contributed by atoms with Gasteiger partial charge in [0.25, 0.3) is 0 Å². The minimum atomic E-state index is 0.337. The maximum atomic E-state index is 8.71. The van der Waals surface area contributed by atoms with Crippen LogP contribution in [-0.4, -0.2) is 6.04 Å². The minimum Gasteiger partial charge on any atom is -0.381 e. The van der Waals surface area contributed by atoms with Gasteiger partial charge in [-0.1, -0.05) is 17.7 Å². The van der Waals surface area contributed by atoms with Crippen LogP contribution in [0, 0.1) is 11.3 Å². The van der Waals surface area contributed by atoms with E-state index in [0.29, 0.717) is 16.6 Å². The van der Waals surface area contributed by atoms with E-state index in [1.54, 1.807) is 12.1 Å². The molecule has 1 unspecified atom stereocenters. The third-order valence-electron chi connectivity index (χ3n) is 2.30. The highest BCUT2D eigenvalue weighted by Gasteiger charge is 2.05. The highest BCUT2D eigenvalue weighted by atomic mass is 35.5. The van der Waals surface area contributed by atoms with E-state index in [1.807, 2.05) is 12.1 Å². The number of nitrogens with zero attached hydrogens (tertiary/aromatic N) is 1. The van der Waals surface area contributed by atoms with Gasteiger partial charge >= 0.3 is 0 Å². The van der Waals surface area contributed by atoms with E-state index in [4.69, 9.17) is 16.9 Å². The fourth-order valence-corrected chi connectivity index (χ4v) is 1.64. The Balaban J connectivity index is 2.67. The summed E-state index contributed by atoms with van der Waals surface area (Å²) in [7, 11) is 0. The van der Waals surface area contributed by atoms with Gasteiger partial charge in [-0.15, -0.1) is 6.58 Å². The summed E-state index contributed by atoms with van der Waals surface area (Å²) >= 11 is 6.05. The first-order valence-corrected chi connectivity index (χ1v) is 5.62. The lowest BCUT2D eigenvalue weighted by molar-refractivity contribution is 0.719. The molecule has 0 fully saturated rings. The van der Waals surface area contributed by atoms with Gasteiger partial charge in [0, 0.05) is 6.04 Å². The average molecular weight is 235 g/mol. The van der Waals surface area contributed by atoms with Crippen LogP contribution in [0.15, 0.2) is 30.9 Å². The Morgan fingerprint density at radius 1 is 1.62 bits per heavy atom. The Morgan fingerprint density at radius 3 is 2.94 bits per heavy atom. The van der Waals surface area contributed by atoms with Crippen LogP contribution in [0.2, 0.25) is 5.02 Å². The number of allylic oxidation sites excluding steroid dienone is 1. The molecule has 2 nitrogen and oxygen atoms in total. The Hall–Kier alpha value is -1.46. The van der Waals surface area contributed by atoms with E-state index in [0.717, 1.165) is 18.5 Å². The van der Waals surface area contributed by atoms with Crippen molar-refractivity contribution in [3.8, 4) is 6.07 Å². The molecule has 0 bridgehead atoms. The molecule has 0 aliphatic heterocycles. The maximum Gasteiger partial charge on any atom is 0.0992 e. The van der Waals surface area contributed by atoms with Crippen LogP contribution in [0.5, 0.6) is 0 Å². The van der Waals surface area contributed by atoms with E-state index >= 15 is 0 Å². The molecule has 84 valence electrons. The van der Waals surface area contributed by atoms with Gasteiger partial charge in [-0.05, 0) is 38.0 Å². The second-order valence-electron chi connectivity index (χ2n) is 3.72. The molecule has 0 spiro atoms. The van der Waals surface area contributed by atoms with Gasteiger partial charge in [-0.3, -0.25) is 0 Å². The van der Waals surface area contributed by atoms with Crippen LogP contribution in [-0.2, 0) is 0 Å². The molecule has 0 saturated carbocycles. The van der Waals surface area contributed by atoms with Crippen LogP contribution >= 0.6 is 11.6 Å². The van der Waals surface area contributed by atoms with Crippen LogP contribution in [0.4, 0.5) is 5.69 Å². The van der Waals surface area contributed by atoms with Crippen LogP contribution in [0.3, 0.4) is 0 Å². The normalized spacial score (nSPS) is 11.6. The maximum absolute atomic E-state index is 8.71. The summed E-state index contributed by atoms with van der Waals surface area (Å²) in [5, 5.41) is 12.6. The number of anilines is 1. The summed E-state index contributed by atoms with van der Waals surface area (Å²) in [5.41, 5.74) is 1.45. The number of hydrogen-bond donors (Lipinski definition) is 1. The molecule has 0 saturated heterocycles. The van der Waals surface area contributed by atoms with Gasteiger partial charge in [0.2, 0.25) is 0 Å². The van der Waals surface area contributed by atoms with Crippen molar-refractivity contribution in [3.05, 3.63) is 41.4 Å². The molecule has 0 radical (unpaired) electrons. The fraction of sp³-hybridized carbons (Fsp3) is 0.308. The van der Waals surface area contributed by atoms with Gasteiger partial charge in [0.15, 0.2) is 0 Å². The van der Waals surface area contributed by atoms with Crippen LogP contribution in [0.1, 0.15) is 25.3 Å². The van der Waals surface area contributed by atoms with Gasteiger partial charge in [-0.25, -0.2) is 0 Å². The van der Waals surface area contributed by atoms with Crippen molar-refractivity contribution >= 4 is 17.3 Å². The monoisotopic (exact) mass is 234 g/mol. The zero-order valence-electron chi connectivity index (χ0n) is 9.33. The number of nitriles is 1. The molecule has 1 N–H and O–H groups in total. The summed E-state index contributed by atoms with van der Waals surface area (Å²) in [6.07, 6.45) is 3.89. The predicted octanol–water partition coefficient (Wildman–Crippen LogP) is 3.98. The Bertz CT molecular complexity index is 407. The smallest absolute Gasteiger partial charge is 0.0992 e. The van der Waals surface area contributed by atoms with Crippen molar-refractivity contribution in [1.82, 2.24) is 0 Å². The largest absolute Gasteiger partial charge is 0.381 e. The molecule has 0 aliphatic rings. The summed E-state index contributed by atoms with van der Waals surface area (Å²) in [6.45, 7) is 5.79. The zero-order chi connectivity index (χ0) is 12.0. The first-order chi connectivity index (χ1) is 7.67. The SMILES string of the molecule is C=CCCC(C)Nc1ccc(C#N)cc1Cl. The van der Waals surface area contributed by atoms with Crippen molar-refractivity contribution in [1.29, 1.82) is 5.26 Å². The van der Waals surface area contributed by atoms with Gasteiger partial charge in [0.1, 0.15) is 0 Å². The van der Waals surface area contributed by atoms with Crippen molar-refractivity contribution < 1.29 is 0 Å². The number of benzene rings is 1. The molecular formula is C13H15ClN2. The van der Waals surface area contributed by atoms with Crippen molar-refractivity contribution in [2.45, 2.75) is 25.8 Å². The lowest BCUT2D eigenvalue weighted by Gasteiger charge is -2.15. The van der Waals surface area contributed by atoms with Gasteiger partial charge < -0.3 is 5.32 Å². The average Bonchev–Trinajstić information content (AvgIpc) is 2.29. The molecule has 1 aromatic rings. The molecule has 1 aromatic carbocycles. The quantitative estimate of drug-likeness (QED) is 0.783. The molecule has 1 rings (SSSR count). The van der Waals surface area contributed by atoms with E-state index in [-0.39, 0.29) is 0 Å². The molecule has 0 heterocycles. The lowest BCUT2D eigenvalue weighted by Crippen LogP contribution is -2.14. The highest BCUT2D eigenvalue weighted by Crippen LogP contribution is 2.24. The third-order valence-corrected chi connectivity index (χ3v) is 2.62. The van der Waals surface area contributed by atoms with Crippen molar-refractivity contribution in [2.24, 2.45) is 0 Å².